The second kappa shape index (κ2) is 7.76. The highest BCUT2D eigenvalue weighted by atomic mass is 32.2. The summed E-state index contributed by atoms with van der Waals surface area (Å²) in [4.78, 5) is 5.32. The molecule has 3 heterocycles. The first-order chi connectivity index (χ1) is 15.6. The molecule has 0 unspecified atom stereocenters. The van der Waals surface area contributed by atoms with E-state index in [0.717, 1.165) is 32.0 Å². The summed E-state index contributed by atoms with van der Waals surface area (Å²) >= 11 is 8.76. The van der Waals surface area contributed by atoms with Crippen LogP contribution in [0.3, 0.4) is 0 Å². The monoisotopic (exact) mass is 514 g/mol. The Morgan fingerprint density at radius 3 is 2.48 bits per heavy atom. The van der Waals surface area contributed by atoms with E-state index in [1.807, 2.05) is 3.96 Å². The first-order valence-corrected chi connectivity index (χ1v) is 13.8. The van der Waals surface area contributed by atoms with Crippen LogP contribution in [0.4, 0.5) is 10.8 Å². The van der Waals surface area contributed by atoms with Crippen LogP contribution in [0, 0.1) is 18.5 Å². The van der Waals surface area contributed by atoms with Gasteiger partial charge in [-0.2, -0.15) is 0 Å². The van der Waals surface area contributed by atoms with Gasteiger partial charge in [-0.25, -0.2) is 13.4 Å². The van der Waals surface area contributed by atoms with Gasteiger partial charge in [-0.05, 0) is 75.2 Å². The molecule has 2 N–H and O–H groups in total. The van der Waals surface area contributed by atoms with Gasteiger partial charge in [-0.3, -0.25) is 8.68 Å². The highest BCUT2D eigenvalue weighted by Crippen LogP contribution is 2.48. The summed E-state index contributed by atoms with van der Waals surface area (Å²) in [5.41, 5.74) is 6.26. The van der Waals surface area contributed by atoms with Crippen LogP contribution >= 0.6 is 35.1 Å². The number of hydrogen-bond acceptors (Lipinski definition) is 7. The Morgan fingerprint density at radius 2 is 1.82 bits per heavy atom. The van der Waals surface area contributed by atoms with Crippen LogP contribution in [-0.4, -0.2) is 17.4 Å². The van der Waals surface area contributed by atoms with E-state index in [2.05, 4.69) is 54.9 Å². The maximum absolute atomic E-state index is 12.7. The van der Waals surface area contributed by atoms with Crippen molar-refractivity contribution in [1.29, 1.82) is 0 Å². The Kier molecular flexibility index (Phi) is 5.24. The topological polar surface area (TPSA) is 76.0 Å². The Hall–Kier alpha value is -2.53. The lowest BCUT2D eigenvalue weighted by Crippen LogP contribution is -2.30. The molecule has 4 aromatic rings. The molecule has 0 spiro atoms. The van der Waals surface area contributed by atoms with Crippen LogP contribution in [0.1, 0.15) is 29.9 Å². The number of fused-ring (bicyclic) bond motifs is 3. The summed E-state index contributed by atoms with van der Waals surface area (Å²) < 4.78 is 30.6. The fourth-order valence-corrected chi connectivity index (χ4v) is 7.38. The Balaban J connectivity index is 1.58. The molecule has 0 atom stereocenters. The van der Waals surface area contributed by atoms with Gasteiger partial charge >= 0.3 is 0 Å². The SMILES string of the molecule is Cc1cc2c(cc1C)-c1c(sn(-c3ccc(S(=O)(=O)Nc4nccs4)cc3)c1=S)C(C)(C)N2. The number of anilines is 2. The van der Waals surface area contributed by atoms with Crippen molar-refractivity contribution in [2.45, 2.75) is 38.1 Å². The van der Waals surface area contributed by atoms with Crippen LogP contribution < -0.4 is 10.0 Å². The first-order valence-electron chi connectivity index (χ1n) is 10.3. The van der Waals surface area contributed by atoms with Crippen LogP contribution in [0.25, 0.3) is 16.8 Å². The van der Waals surface area contributed by atoms with Crippen molar-refractivity contribution in [2.75, 3.05) is 10.0 Å². The number of thiazole rings is 1. The van der Waals surface area contributed by atoms with Gasteiger partial charge in [-0.15, -0.1) is 11.3 Å². The first kappa shape index (κ1) is 22.3. The molecule has 0 fully saturated rings. The largest absolute Gasteiger partial charge is 0.375 e. The van der Waals surface area contributed by atoms with Crippen molar-refractivity contribution in [3.63, 3.8) is 0 Å². The maximum atomic E-state index is 12.7. The van der Waals surface area contributed by atoms with Crippen molar-refractivity contribution in [3.8, 4) is 16.8 Å². The van der Waals surface area contributed by atoms with E-state index in [1.165, 1.54) is 22.5 Å². The van der Waals surface area contributed by atoms with Crippen LogP contribution in [0.15, 0.2) is 52.9 Å². The van der Waals surface area contributed by atoms with E-state index in [0.29, 0.717) is 5.13 Å². The molecule has 170 valence electrons. The lowest BCUT2D eigenvalue weighted by molar-refractivity contribution is 0.601. The Bertz CT molecular complexity index is 1530. The number of hydrogen-bond donors (Lipinski definition) is 2. The maximum Gasteiger partial charge on any atom is 0.263 e. The van der Waals surface area contributed by atoms with Crippen molar-refractivity contribution < 1.29 is 8.42 Å². The van der Waals surface area contributed by atoms with Gasteiger partial charge in [0.1, 0.15) is 4.64 Å². The van der Waals surface area contributed by atoms with Crippen molar-refractivity contribution in [2.24, 2.45) is 0 Å². The van der Waals surface area contributed by atoms with Gasteiger partial charge in [0, 0.05) is 28.4 Å². The molecule has 10 heteroatoms. The van der Waals surface area contributed by atoms with Crippen molar-refractivity contribution in [3.05, 3.63) is 68.6 Å². The zero-order valence-corrected chi connectivity index (χ0v) is 21.7. The number of nitrogens with one attached hydrogen (secondary N) is 2. The summed E-state index contributed by atoms with van der Waals surface area (Å²) in [7, 11) is -3.71. The van der Waals surface area contributed by atoms with E-state index in [1.54, 1.807) is 47.4 Å². The average Bonchev–Trinajstić information content (AvgIpc) is 3.38. The van der Waals surface area contributed by atoms with Crippen molar-refractivity contribution >= 4 is 55.9 Å². The third-order valence-corrected chi connectivity index (χ3v) is 9.91. The summed E-state index contributed by atoms with van der Waals surface area (Å²) in [5, 5.41) is 5.72. The molecular formula is C23H22N4O2S4. The quantitative estimate of drug-likeness (QED) is 0.305. The molecule has 0 bridgehead atoms. The summed E-state index contributed by atoms with van der Waals surface area (Å²) in [5.74, 6) is 0. The number of nitrogens with zero attached hydrogens (tertiary/aromatic N) is 2. The van der Waals surface area contributed by atoms with Crippen LogP contribution in [0.2, 0.25) is 0 Å². The average molecular weight is 515 g/mol. The molecule has 5 rings (SSSR count). The Morgan fingerprint density at radius 1 is 1.12 bits per heavy atom. The van der Waals surface area contributed by atoms with E-state index in [9.17, 15) is 8.42 Å². The minimum absolute atomic E-state index is 0.174. The molecule has 0 amide bonds. The van der Waals surface area contributed by atoms with Crippen LogP contribution in [0.5, 0.6) is 0 Å². The van der Waals surface area contributed by atoms with Gasteiger partial charge in [0.15, 0.2) is 5.13 Å². The summed E-state index contributed by atoms with van der Waals surface area (Å²) in [6, 6.07) is 11.1. The van der Waals surface area contributed by atoms with E-state index in [4.69, 9.17) is 12.2 Å². The number of rotatable bonds is 4. The third kappa shape index (κ3) is 3.80. The van der Waals surface area contributed by atoms with Gasteiger partial charge < -0.3 is 5.32 Å². The van der Waals surface area contributed by atoms with E-state index < -0.39 is 10.0 Å². The molecule has 1 aliphatic heterocycles. The summed E-state index contributed by atoms with van der Waals surface area (Å²) in [6.45, 7) is 8.53. The number of aryl methyl sites for hydroxylation is 2. The Labute approximate surface area is 206 Å². The van der Waals surface area contributed by atoms with Gasteiger partial charge in [0.2, 0.25) is 0 Å². The highest BCUT2D eigenvalue weighted by Gasteiger charge is 2.35. The second-order valence-corrected chi connectivity index (χ2v) is 12.5. The van der Waals surface area contributed by atoms with E-state index >= 15 is 0 Å². The minimum atomic E-state index is -3.71. The van der Waals surface area contributed by atoms with Crippen LogP contribution in [-0.2, 0) is 15.6 Å². The lowest BCUT2D eigenvalue weighted by atomic mass is 9.88. The zero-order chi connectivity index (χ0) is 23.5. The molecular weight excluding hydrogens is 493 g/mol. The fraction of sp³-hybridized carbons (Fsp3) is 0.217. The standard InChI is InChI=1S/C23H22N4O2S4/c1-13-11-17-18(12-14(13)2)25-23(3,4)20-19(17)21(30)27(32-20)15-5-7-16(8-6-15)33(28,29)26-22-24-9-10-31-22/h5-12,25H,1-4H3,(H,24,26). The second-order valence-electron chi connectivity index (χ2n) is 8.56. The van der Waals surface area contributed by atoms with E-state index in [-0.39, 0.29) is 10.4 Å². The lowest BCUT2D eigenvalue weighted by Gasteiger charge is -2.33. The predicted molar refractivity (Wildman–Crippen MR) is 139 cm³/mol. The zero-order valence-electron chi connectivity index (χ0n) is 18.5. The molecule has 2 aromatic heterocycles. The molecule has 0 radical (unpaired) electrons. The fourth-order valence-electron chi connectivity index (χ4n) is 3.94. The normalized spacial score (nSPS) is 14.3. The third-order valence-electron chi connectivity index (χ3n) is 5.76. The predicted octanol–water partition coefficient (Wildman–Crippen LogP) is 6.47. The summed E-state index contributed by atoms with van der Waals surface area (Å²) in [6.07, 6.45) is 1.56. The van der Waals surface area contributed by atoms with Gasteiger partial charge in [0.05, 0.1) is 21.0 Å². The molecule has 0 aliphatic carbocycles. The molecule has 0 saturated heterocycles. The molecule has 33 heavy (non-hydrogen) atoms. The molecule has 0 saturated carbocycles. The number of sulfonamides is 1. The van der Waals surface area contributed by atoms with Crippen molar-refractivity contribution in [1.82, 2.24) is 8.94 Å². The highest BCUT2D eigenvalue weighted by molar-refractivity contribution is 7.93. The number of benzene rings is 2. The molecule has 2 aromatic carbocycles. The van der Waals surface area contributed by atoms with Gasteiger partial charge in [0.25, 0.3) is 10.0 Å². The van der Waals surface area contributed by atoms with Gasteiger partial charge in [-0.1, -0.05) is 23.8 Å². The smallest absolute Gasteiger partial charge is 0.263 e. The molecule has 1 aliphatic rings. The molecule has 6 nitrogen and oxygen atoms in total. The number of aromatic nitrogens is 2. The minimum Gasteiger partial charge on any atom is -0.375 e.